The highest BCUT2D eigenvalue weighted by molar-refractivity contribution is 4.67. The molecule has 2 unspecified atom stereocenters. The van der Waals surface area contributed by atoms with Crippen LogP contribution in [0.3, 0.4) is 0 Å². The fourth-order valence-corrected chi connectivity index (χ4v) is 4.11. The van der Waals surface area contributed by atoms with E-state index >= 15 is 0 Å². The number of nitrogens with zero attached hydrogens (tertiary/aromatic N) is 1. The molecular weight excluding hydrogens is 314 g/mol. The van der Waals surface area contributed by atoms with E-state index in [1.807, 2.05) is 0 Å². The van der Waals surface area contributed by atoms with E-state index in [1.165, 1.54) is 116 Å². The van der Waals surface area contributed by atoms with Crippen molar-refractivity contribution in [2.45, 2.75) is 142 Å². The van der Waals surface area contributed by atoms with E-state index in [1.54, 1.807) is 0 Å². The molecule has 26 heavy (non-hydrogen) atoms. The molecule has 0 spiro atoms. The van der Waals surface area contributed by atoms with Crippen LogP contribution < -0.4 is 0 Å². The van der Waals surface area contributed by atoms with E-state index < -0.39 is 0 Å². The van der Waals surface area contributed by atoms with Crippen molar-refractivity contribution < 1.29 is 0 Å². The minimum Gasteiger partial charge on any atom is -0.306 e. The zero-order valence-corrected chi connectivity index (χ0v) is 19.3. The van der Waals surface area contributed by atoms with Gasteiger partial charge in [-0.3, -0.25) is 0 Å². The first-order valence-electron chi connectivity index (χ1n) is 12.3. The Kier molecular flexibility index (Phi) is 19.7. The lowest BCUT2D eigenvalue weighted by Gasteiger charge is -2.24. The van der Waals surface area contributed by atoms with Crippen LogP contribution in [0.1, 0.15) is 136 Å². The van der Waals surface area contributed by atoms with Gasteiger partial charge in [-0.2, -0.15) is 0 Å². The third-order valence-electron chi connectivity index (χ3n) is 6.16. The summed E-state index contributed by atoms with van der Waals surface area (Å²) < 4.78 is 0. The van der Waals surface area contributed by atoms with Crippen LogP contribution in [0, 0.1) is 5.92 Å². The molecule has 0 aliphatic carbocycles. The zero-order valence-electron chi connectivity index (χ0n) is 19.3. The van der Waals surface area contributed by atoms with Crippen LogP contribution in [-0.2, 0) is 0 Å². The molecule has 0 aromatic carbocycles. The van der Waals surface area contributed by atoms with Gasteiger partial charge in [0.15, 0.2) is 0 Å². The van der Waals surface area contributed by atoms with Gasteiger partial charge >= 0.3 is 0 Å². The van der Waals surface area contributed by atoms with Gasteiger partial charge in [0.1, 0.15) is 0 Å². The topological polar surface area (TPSA) is 3.24 Å². The van der Waals surface area contributed by atoms with Crippen LogP contribution in [0.5, 0.6) is 0 Å². The smallest absolute Gasteiger partial charge is 0.00891 e. The predicted octanol–water partition coefficient (Wildman–Crippen LogP) is 8.61. The largest absolute Gasteiger partial charge is 0.306 e. The molecule has 2 atom stereocenters. The van der Waals surface area contributed by atoms with Crippen molar-refractivity contribution in [3.63, 3.8) is 0 Å². The maximum atomic E-state index is 2.48. The van der Waals surface area contributed by atoms with Gasteiger partial charge in [-0.05, 0) is 32.9 Å². The quantitative estimate of drug-likeness (QED) is 0.195. The fraction of sp³-hybridized carbons (Fsp3) is 1.00. The van der Waals surface area contributed by atoms with Crippen LogP contribution in [0.2, 0.25) is 0 Å². The number of hydrogen-bond acceptors (Lipinski definition) is 1. The van der Waals surface area contributed by atoms with Gasteiger partial charge < -0.3 is 4.90 Å². The summed E-state index contributed by atoms with van der Waals surface area (Å²) in [5.74, 6) is 0.948. The Morgan fingerprint density at radius 2 is 0.846 bits per heavy atom. The maximum Gasteiger partial charge on any atom is 0.00891 e. The van der Waals surface area contributed by atoms with Crippen molar-refractivity contribution in [1.29, 1.82) is 0 Å². The van der Waals surface area contributed by atoms with Gasteiger partial charge in [0.2, 0.25) is 0 Å². The van der Waals surface area contributed by atoms with Gasteiger partial charge in [0.25, 0.3) is 0 Å². The SMILES string of the molecule is CCCCCCCCCCC(CCCCCC(C)CCCCC)N(C)C. The second-order valence-electron chi connectivity index (χ2n) is 9.12. The molecule has 0 rings (SSSR count). The molecular formula is C25H53N. The Morgan fingerprint density at radius 1 is 0.500 bits per heavy atom. The first-order chi connectivity index (χ1) is 12.6. The van der Waals surface area contributed by atoms with Crippen LogP contribution in [-0.4, -0.2) is 25.0 Å². The van der Waals surface area contributed by atoms with Crippen LogP contribution in [0.25, 0.3) is 0 Å². The lowest BCUT2D eigenvalue weighted by molar-refractivity contribution is 0.250. The van der Waals surface area contributed by atoms with E-state index in [0.29, 0.717) is 0 Å². The van der Waals surface area contributed by atoms with Crippen LogP contribution in [0.4, 0.5) is 0 Å². The second-order valence-corrected chi connectivity index (χ2v) is 9.12. The molecule has 1 heteroatoms. The minimum absolute atomic E-state index is 0.817. The Labute approximate surface area is 167 Å². The Morgan fingerprint density at radius 3 is 1.35 bits per heavy atom. The van der Waals surface area contributed by atoms with Crippen molar-refractivity contribution in [1.82, 2.24) is 4.90 Å². The third kappa shape index (κ3) is 17.4. The summed E-state index contributed by atoms with van der Waals surface area (Å²) in [6.45, 7) is 7.07. The Hall–Kier alpha value is -0.0400. The van der Waals surface area contributed by atoms with Crippen molar-refractivity contribution in [2.24, 2.45) is 5.92 Å². The molecule has 0 bridgehead atoms. The lowest BCUT2D eigenvalue weighted by Crippen LogP contribution is -2.27. The number of rotatable bonds is 20. The van der Waals surface area contributed by atoms with Gasteiger partial charge in [-0.1, -0.05) is 124 Å². The van der Waals surface area contributed by atoms with Crippen LogP contribution in [0.15, 0.2) is 0 Å². The average Bonchev–Trinajstić information content (AvgIpc) is 2.61. The minimum atomic E-state index is 0.817. The Balaban J connectivity index is 3.58. The maximum absolute atomic E-state index is 2.48. The van der Waals surface area contributed by atoms with Gasteiger partial charge in [-0.25, -0.2) is 0 Å². The monoisotopic (exact) mass is 367 g/mol. The standard InChI is InChI=1S/C25H53N/c1-6-8-10-11-12-13-14-18-22-25(26(4)5)23-19-15-17-21-24(3)20-16-9-7-2/h24-25H,6-23H2,1-5H3. The molecule has 0 saturated carbocycles. The van der Waals surface area contributed by atoms with Crippen molar-refractivity contribution in [3.05, 3.63) is 0 Å². The highest BCUT2D eigenvalue weighted by atomic mass is 15.1. The molecule has 158 valence electrons. The van der Waals surface area contributed by atoms with Crippen molar-refractivity contribution >= 4 is 0 Å². The van der Waals surface area contributed by atoms with E-state index in [-0.39, 0.29) is 0 Å². The molecule has 0 fully saturated rings. The lowest BCUT2D eigenvalue weighted by atomic mass is 9.95. The fourth-order valence-electron chi connectivity index (χ4n) is 4.11. The summed E-state index contributed by atoms with van der Waals surface area (Å²) in [7, 11) is 4.57. The highest BCUT2D eigenvalue weighted by Gasteiger charge is 2.11. The second kappa shape index (κ2) is 19.7. The molecule has 0 radical (unpaired) electrons. The van der Waals surface area contributed by atoms with E-state index in [9.17, 15) is 0 Å². The number of unbranched alkanes of at least 4 members (excludes halogenated alkanes) is 11. The number of hydrogen-bond donors (Lipinski definition) is 0. The summed E-state index contributed by atoms with van der Waals surface area (Å²) in [6.07, 6.45) is 25.8. The van der Waals surface area contributed by atoms with Gasteiger partial charge in [0.05, 0.1) is 0 Å². The van der Waals surface area contributed by atoms with Crippen LogP contribution >= 0.6 is 0 Å². The summed E-state index contributed by atoms with van der Waals surface area (Å²) in [6, 6.07) is 0.817. The summed E-state index contributed by atoms with van der Waals surface area (Å²) in [4.78, 5) is 2.48. The summed E-state index contributed by atoms with van der Waals surface area (Å²) in [5, 5.41) is 0. The highest BCUT2D eigenvalue weighted by Crippen LogP contribution is 2.19. The molecule has 1 nitrogen and oxygen atoms in total. The van der Waals surface area contributed by atoms with E-state index in [2.05, 4.69) is 39.8 Å². The summed E-state index contributed by atoms with van der Waals surface area (Å²) in [5.41, 5.74) is 0. The van der Waals surface area contributed by atoms with Gasteiger partial charge in [-0.15, -0.1) is 0 Å². The molecule has 0 heterocycles. The van der Waals surface area contributed by atoms with Gasteiger partial charge in [0, 0.05) is 6.04 Å². The molecule has 0 aromatic rings. The van der Waals surface area contributed by atoms with E-state index in [4.69, 9.17) is 0 Å². The molecule has 0 aliphatic rings. The van der Waals surface area contributed by atoms with E-state index in [0.717, 1.165) is 12.0 Å². The zero-order chi connectivity index (χ0) is 19.5. The molecule has 0 amide bonds. The first kappa shape index (κ1) is 26.0. The third-order valence-corrected chi connectivity index (χ3v) is 6.16. The molecule has 0 N–H and O–H groups in total. The normalized spacial score (nSPS) is 14.1. The molecule has 0 aromatic heterocycles. The van der Waals surface area contributed by atoms with Crippen molar-refractivity contribution in [2.75, 3.05) is 14.1 Å². The average molecular weight is 368 g/mol. The molecule has 0 saturated heterocycles. The predicted molar refractivity (Wildman–Crippen MR) is 121 cm³/mol. The summed E-state index contributed by atoms with van der Waals surface area (Å²) >= 11 is 0. The van der Waals surface area contributed by atoms with Crippen molar-refractivity contribution in [3.8, 4) is 0 Å². The Bertz CT molecular complexity index is 261. The molecule has 0 aliphatic heterocycles. The first-order valence-corrected chi connectivity index (χ1v) is 12.3.